The minimum atomic E-state index is -0.411. The number of aromatic amines is 1. The monoisotopic (exact) mass is 338 g/mol. The van der Waals surface area contributed by atoms with E-state index in [-0.39, 0.29) is 11.0 Å². The van der Waals surface area contributed by atoms with Gasteiger partial charge in [-0.25, -0.2) is 0 Å². The number of para-hydroxylation sites is 1. The first kappa shape index (κ1) is 15.6. The third-order valence-corrected chi connectivity index (χ3v) is 4.42. The quantitative estimate of drug-likeness (QED) is 0.741. The highest BCUT2D eigenvalue weighted by atomic mass is 16.5. The largest absolute Gasteiger partial charge is 0.360 e. The summed E-state index contributed by atoms with van der Waals surface area (Å²) in [5.41, 5.74) is 1.54. The topological polar surface area (TPSA) is 101 Å². The Morgan fingerprint density at radius 1 is 1.40 bits per heavy atom. The number of pyridine rings is 1. The normalized spacial score (nSPS) is 14.0. The Bertz CT molecular complexity index is 1000. The summed E-state index contributed by atoms with van der Waals surface area (Å²) in [6, 6.07) is 5.44. The van der Waals surface area contributed by atoms with Crippen LogP contribution in [0.4, 0.5) is 0 Å². The molecule has 1 saturated carbocycles. The second-order valence-electron chi connectivity index (χ2n) is 6.36. The Balaban J connectivity index is 1.44. The van der Waals surface area contributed by atoms with Gasteiger partial charge in [-0.3, -0.25) is 9.59 Å². The van der Waals surface area contributed by atoms with E-state index in [0.717, 1.165) is 29.7 Å². The number of hydrogen-bond acceptors (Lipinski definition) is 5. The van der Waals surface area contributed by atoms with Gasteiger partial charge in [-0.2, -0.15) is 4.98 Å². The summed E-state index contributed by atoms with van der Waals surface area (Å²) >= 11 is 0. The maximum Gasteiger partial charge on any atom is 0.256 e. The van der Waals surface area contributed by atoms with Crippen LogP contribution in [0.25, 0.3) is 10.9 Å². The van der Waals surface area contributed by atoms with Gasteiger partial charge in [-0.05, 0) is 31.4 Å². The van der Waals surface area contributed by atoms with Crippen molar-refractivity contribution >= 4 is 16.8 Å². The molecule has 2 aromatic heterocycles. The fraction of sp³-hybridized carbons (Fsp3) is 0.333. The number of amides is 1. The lowest BCUT2D eigenvalue weighted by molar-refractivity contribution is 0.0952. The lowest BCUT2D eigenvalue weighted by Gasteiger charge is -2.06. The van der Waals surface area contributed by atoms with Gasteiger partial charge in [0.05, 0.1) is 5.52 Å². The molecule has 3 aromatic rings. The summed E-state index contributed by atoms with van der Waals surface area (Å²) in [5.74, 6) is 1.28. The Labute approximate surface area is 143 Å². The average Bonchev–Trinajstić information content (AvgIpc) is 3.35. The lowest BCUT2D eigenvalue weighted by Crippen LogP contribution is -2.30. The van der Waals surface area contributed by atoms with Gasteiger partial charge in [0, 0.05) is 30.5 Å². The van der Waals surface area contributed by atoms with Crippen molar-refractivity contribution in [3.8, 4) is 0 Å². The van der Waals surface area contributed by atoms with E-state index < -0.39 is 5.91 Å². The minimum Gasteiger partial charge on any atom is -0.360 e. The molecule has 7 nitrogen and oxygen atoms in total. The first-order valence-electron chi connectivity index (χ1n) is 8.35. The molecule has 0 unspecified atom stereocenters. The highest BCUT2D eigenvalue weighted by Gasteiger charge is 2.28. The van der Waals surface area contributed by atoms with Crippen LogP contribution in [0.3, 0.4) is 0 Å². The molecular weight excluding hydrogens is 320 g/mol. The minimum absolute atomic E-state index is 0.0994. The second-order valence-corrected chi connectivity index (χ2v) is 6.36. The van der Waals surface area contributed by atoms with Gasteiger partial charge in [-0.1, -0.05) is 17.3 Å². The van der Waals surface area contributed by atoms with E-state index in [0.29, 0.717) is 30.2 Å². The van der Waals surface area contributed by atoms with Gasteiger partial charge in [-0.15, -0.1) is 0 Å². The van der Waals surface area contributed by atoms with E-state index in [1.807, 2.05) is 19.1 Å². The van der Waals surface area contributed by atoms with Crippen molar-refractivity contribution < 1.29 is 9.32 Å². The first-order chi connectivity index (χ1) is 12.1. The van der Waals surface area contributed by atoms with E-state index in [9.17, 15) is 9.59 Å². The molecule has 0 radical (unpaired) electrons. The zero-order valence-electron chi connectivity index (χ0n) is 13.8. The Morgan fingerprint density at radius 3 is 3.04 bits per heavy atom. The number of carbonyl (C=O) groups excluding carboxylic acids is 1. The number of aryl methyl sites for hydroxylation is 1. The van der Waals surface area contributed by atoms with Crippen molar-refractivity contribution in [3.63, 3.8) is 0 Å². The molecule has 2 heterocycles. The fourth-order valence-corrected chi connectivity index (χ4v) is 2.83. The third-order valence-electron chi connectivity index (χ3n) is 4.42. The standard InChI is InChI=1S/C18H18N4O3/c1-10-3-2-4-12-15(10)20-9-13(16(12)23)18(24)19-8-7-14-21-17(22-25-14)11-5-6-11/h2-4,9,11H,5-8H2,1H3,(H,19,24)(H,20,23). The van der Waals surface area contributed by atoms with Crippen LogP contribution in [0, 0.1) is 6.92 Å². The molecule has 0 aliphatic heterocycles. The summed E-state index contributed by atoms with van der Waals surface area (Å²) in [6.45, 7) is 2.24. The van der Waals surface area contributed by atoms with Crippen LogP contribution in [-0.2, 0) is 6.42 Å². The van der Waals surface area contributed by atoms with Gasteiger partial charge in [0.15, 0.2) is 5.82 Å². The van der Waals surface area contributed by atoms with E-state index in [1.165, 1.54) is 6.20 Å². The molecule has 1 fully saturated rings. The highest BCUT2D eigenvalue weighted by Crippen LogP contribution is 2.38. The van der Waals surface area contributed by atoms with Crippen molar-refractivity contribution in [2.75, 3.05) is 6.54 Å². The summed E-state index contributed by atoms with van der Waals surface area (Å²) in [7, 11) is 0. The molecule has 25 heavy (non-hydrogen) atoms. The predicted molar refractivity (Wildman–Crippen MR) is 91.6 cm³/mol. The third kappa shape index (κ3) is 3.05. The molecular formula is C18H18N4O3. The van der Waals surface area contributed by atoms with E-state index >= 15 is 0 Å². The molecule has 0 saturated heterocycles. The fourth-order valence-electron chi connectivity index (χ4n) is 2.83. The zero-order chi connectivity index (χ0) is 17.4. The number of nitrogens with one attached hydrogen (secondary N) is 2. The number of rotatable bonds is 5. The van der Waals surface area contributed by atoms with Crippen LogP contribution in [0.15, 0.2) is 33.7 Å². The molecule has 0 bridgehead atoms. The van der Waals surface area contributed by atoms with Gasteiger partial charge in [0.25, 0.3) is 5.91 Å². The number of fused-ring (bicyclic) bond motifs is 1. The number of nitrogens with zero attached hydrogens (tertiary/aromatic N) is 2. The van der Waals surface area contributed by atoms with Crippen LogP contribution < -0.4 is 10.7 Å². The SMILES string of the molecule is Cc1cccc2c(=O)c(C(=O)NCCc3nc(C4CC4)no3)c[nH]c12. The summed E-state index contributed by atoms with van der Waals surface area (Å²) in [6.07, 6.45) is 4.13. The number of aromatic nitrogens is 3. The Morgan fingerprint density at radius 2 is 2.24 bits per heavy atom. The molecule has 1 aliphatic rings. The van der Waals surface area contributed by atoms with Gasteiger partial charge < -0.3 is 14.8 Å². The molecule has 1 aromatic carbocycles. The van der Waals surface area contributed by atoms with Crippen molar-refractivity contribution in [1.82, 2.24) is 20.4 Å². The molecule has 4 rings (SSSR count). The lowest BCUT2D eigenvalue weighted by atomic mass is 10.1. The number of hydrogen-bond donors (Lipinski definition) is 2. The Kier molecular flexibility index (Phi) is 3.83. The van der Waals surface area contributed by atoms with Crippen LogP contribution in [0.1, 0.15) is 46.4 Å². The van der Waals surface area contributed by atoms with Crippen molar-refractivity contribution in [2.24, 2.45) is 0 Å². The summed E-state index contributed by atoms with van der Waals surface area (Å²) < 4.78 is 5.17. The molecule has 7 heteroatoms. The molecule has 2 N–H and O–H groups in total. The van der Waals surface area contributed by atoms with Crippen molar-refractivity contribution in [2.45, 2.75) is 32.1 Å². The van der Waals surface area contributed by atoms with E-state index in [4.69, 9.17) is 4.52 Å². The van der Waals surface area contributed by atoms with Gasteiger partial charge in [0.1, 0.15) is 5.56 Å². The molecule has 128 valence electrons. The maximum atomic E-state index is 12.5. The average molecular weight is 338 g/mol. The molecule has 0 spiro atoms. The van der Waals surface area contributed by atoms with Crippen molar-refractivity contribution in [3.05, 3.63) is 57.5 Å². The number of carbonyl (C=O) groups is 1. The van der Waals surface area contributed by atoms with Gasteiger partial charge in [0.2, 0.25) is 11.3 Å². The van der Waals surface area contributed by atoms with Crippen LogP contribution >= 0.6 is 0 Å². The molecule has 1 amide bonds. The van der Waals surface area contributed by atoms with E-state index in [2.05, 4.69) is 20.4 Å². The maximum absolute atomic E-state index is 12.5. The van der Waals surface area contributed by atoms with Crippen LogP contribution in [0.2, 0.25) is 0 Å². The smallest absolute Gasteiger partial charge is 0.256 e. The number of H-pyrrole nitrogens is 1. The highest BCUT2D eigenvalue weighted by molar-refractivity contribution is 5.97. The summed E-state index contributed by atoms with van der Waals surface area (Å²) in [4.78, 5) is 32.2. The second kappa shape index (κ2) is 6.16. The first-order valence-corrected chi connectivity index (χ1v) is 8.35. The predicted octanol–water partition coefficient (Wildman–Crippen LogP) is 2.07. The van der Waals surface area contributed by atoms with Gasteiger partial charge >= 0.3 is 0 Å². The zero-order valence-corrected chi connectivity index (χ0v) is 13.8. The Hall–Kier alpha value is -2.96. The van der Waals surface area contributed by atoms with E-state index in [1.54, 1.807) is 6.07 Å². The molecule has 1 aliphatic carbocycles. The van der Waals surface area contributed by atoms with Crippen LogP contribution in [-0.4, -0.2) is 27.6 Å². The number of benzene rings is 1. The summed E-state index contributed by atoms with van der Waals surface area (Å²) in [5, 5.41) is 7.18. The molecule has 0 atom stereocenters. The van der Waals surface area contributed by atoms with Crippen molar-refractivity contribution in [1.29, 1.82) is 0 Å². The van der Waals surface area contributed by atoms with Crippen LogP contribution in [0.5, 0.6) is 0 Å².